The van der Waals surface area contributed by atoms with Crippen LogP contribution < -0.4 is 10.1 Å². The van der Waals surface area contributed by atoms with Crippen LogP contribution in [-0.4, -0.2) is 57.5 Å². The highest BCUT2D eigenvalue weighted by Crippen LogP contribution is 2.15. The topological polar surface area (TPSA) is 71.0 Å². The first kappa shape index (κ1) is 20.3. The second kappa shape index (κ2) is 8.37. The molecule has 1 N–H and O–H groups in total. The van der Waals surface area contributed by atoms with Crippen molar-refractivity contribution >= 4 is 15.8 Å². The minimum absolute atomic E-state index is 0.0753. The standard InChI is InChI=1S/C17H29N3O3S/c1-17(2,3)24(21,22)12-11-19-16(18-4)20(5)13-14-7-9-15(23-6)10-8-14/h7-10H,11-13H2,1-6H3,(H,18,19). The first-order valence-electron chi connectivity index (χ1n) is 7.87. The van der Waals surface area contributed by atoms with E-state index < -0.39 is 14.6 Å². The maximum Gasteiger partial charge on any atom is 0.193 e. The molecule has 0 aliphatic carbocycles. The summed E-state index contributed by atoms with van der Waals surface area (Å²) in [5.41, 5.74) is 1.11. The third-order valence-electron chi connectivity index (χ3n) is 3.74. The van der Waals surface area contributed by atoms with Gasteiger partial charge in [0.1, 0.15) is 5.75 Å². The Morgan fingerprint density at radius 3 is 2.29 bits per heavy atom. The summed E-state index contributed by atoms with van der Waals surface area (Å²) < 4.78 is 28.7. The number of nitrogens with zero attached hydrogens (tertiary/aromatic N) is 2. The summed E-state index contributed by atoms with van der Waals surface area (Å²) in [5, 5.41) is 3.11. The molecule has 0 aliphatic rings. The van der Waals surface area contributed by atoms with Crippen molar-refractivity contribution in [3.8, 4) is 5.75 Å². The van der Waals surface area contributed by atoms with E-state index in [-0.39, 0.29) is 5.75 Å². The van der Waals surface area contributed by atoms with Gasteiger partial charge in [-0.15, -0.1) is 0 Å². The summed E-state index contributed by atoms with van der Waals surface area (Å²) in [7, 11) is 2.09. The van der Waals surface area contributed by atoms with Crippen molar-refractivity contribution in [3.05, 3.63) is 29.8 Å². The van der Waals surface area contributed by atoms with Gasteiger partial charge in [-0.05, 0) is 38.5 Å². The van der Waals surface area contributed by atoms with Crippen LogP contribution >= 0.6 is 0 Å². The van der Waals surface area contributed by atoms with Crippen LogP contribution in [0.15, 0.2) is 29.3 Å². The Labute approximate surface area is 145 Å². The van der Waals surface area contributed by atoms with Gasteiger partial charge in [-0.1, -0.05) is 12.1 Å². The molecule has 136 valence electrons. The van der Waals surface area contributed by atoms with Gasteiger partial charge in [0.15, 0.2) is 15.8 Å². The summed E-state index contributed by atoms with van der Waals surface area (Å²) >= 11 is 0. The largest absolute Gasteiger partial charge is 0.497 e. The van der Waals surface area contributed by atoms with E-state index in [1.165, 1.54) is 0 Å². The highest BCUT2D eigenvalue weighted by molar-refractivity contribution is 7.92. The molecule has 0 heterocycles. The van der Waals surface area contributed by atoms with E-state index in [9.17, 15) is 8.42 Å². The second-order valence-electron chi connectivity index (χ2n) is 6.61. The normalized spacial score (nSPS) is 12.8. The number of guanidine groups is 1. The Balaban J connectivity index is 2.60. The molecule has 0 fully saturated rings. The first-order chi connectivity index (χ1) is 11.1. The Hall–Kier alpha value is -1.76. The molecule has 0 saturated heterocycles. The molecule has 7 heteroatoms. The Kier molecular flexibility index (Phi) is 7.08. The fraction of sp³-hybridized carbons (Fsp3) is 0.588. The lowest BCUT2D eigenvalue weighted by molar-refractivity contribution is 0.414. The number of sulfone groups is 1. The maximum atomic E-state index is 12.1. The monoisotopic (exact) mass is 355 g/mol. The molecule has 0 spiro atoms. The summed E-state index contributed by atoms with van der Waals surface area (Å²) in [5.74, 6) is 1.55. The molecule has 0 aromatic heterocycles. The molecule has 0 radical (unpaired) electrons. The average Bonchev–Trinajstić information content (AvgIpc) is 2.51. The van der Waals surface area contributed by atoms with E-state index in [1.54, 1.807) is 34.9 Å². The van der Waals surface area contributed by atoms with Crippen LogP contribution in [0.5, 0.6) is 5.75 Å². The Morgan fingerprint density at radius 2 is 1.83 bits per heavy atom. The number of hydrogen-bond donors (Lipinski definition) is 1. The fourth-order valence-electron chi connectivity index (χ4n) is 2.07. The molecule has 1 aromatic carbocycles. The van der Waals surface area contributed by atoms with Crippen molar-refractivity contribution in [2.75, 3.05) is 33.5 Å². The van der Waals surface area contributed by atoms with Crippen LogP contribution in [0.2, 0.25) is 0 Å². The lowest BCUT2D eigenvalue weighted by atomic mass is 10.2. The number of hydrogen-bond acceptors (Lipinski definition) is 4. The highest BCUT2D eigenvalue weighted by atomic mass is 32.2. The molecule has 6 nitrogen and oxygen atoms in total. The van der Waals surface area contributed by atoms with Crippen LogP contribution in [-0.2, 0) is 16.4 Å². The molecule has 0 aliphatic heterocycles. The Morgan fingerprint density at radius 1 is 1.25 bits per heavy atom. The van der Waals surface area contributed by atoms with Crippen molar-refractivity contribution in [1.82, 2.24) is 10.2 Å². The number of ether oxygens (including phenoxy) is 1. The van der Waals surface area contributed by atoms with Gasteiger partial charge >= 0.3 is 0 Å². The van der Waals surface area contributed by atoms with Crippen LogP contribution in [0.1, 0.15) is 26.3 Å². The van der Waals surface area contributed by atoms with E-state index in [0.29, 0.717) is 19.0 Å². The molecule has 1 rings (SSSR count). The molecular weight excluding hydrogens is 326 g/mol. The SMILES string of the molecule is CN=C(NCCS(=O)(=O)C(C)(C)C)N(C)Cc1ccc(OC)cc1. The fourth-order valence-corrected chi connectivity index (χ4v) is 3.05. The van der Waals surface area contributed by atoms with Gasteiger partial charge in [0.05, 0.1) is 17.6 Å². The van der Waals surface area contributed by atoms with Gasteiger partial charge in [0.2, 0.25) is 0 Å². The second-order valence-corrected chi connectivity index (χ2v) is 9.47. The lowest BCUT2D eigenvalue weighted by Crippen LogP contribution is -2.42. The van der Waals surface area contributed by atoms with Gasteiger partial charge in [-0.2, -0.15) is 0 Å². The number of aliphatic imine (C=N–C) groups is 1. The number of benzene rings is 1. The molecule has 0 unspecified atom stereocenters. The number of methoxy groups -OCH3 is 1. The molecule has 1 aromatic rings. The smallest absolute Gasteiger partial charge is 0.193 e. The van der Waals surface area contributed by atoms with Crippen molar-refractivity contribution in [3.63, 3.8) is 0 Å². The molecular formula is C17H29N3O3S. The van der Waals surface area contributed by atoms with E-state index in [1.807, 2.05) is 36.2 Å². The van der Waals surface area contributed by atoms with Crippen LogP contribution in [0.25, 0.3) is 0 Å². The minimum atomic E-state index is -3.14. The molecule has 0 bridgehead atoms. The van der Waals surface area contributed by atoms with E-state index in [4.69, 9.17) is 4.74 Å². The zero-order valence-electron chi connectivity index (χ0n) is 15.5. The quantitative estimate of drug-likeness (QED) is 0.623. The minimum Gasteiger partial charge on any atom is -0.497 e. The van der Waals surface area contributed by atoms with Gasteiger partial charge in [-0.3, -0.25) is 4.99 Å². The van der Waals surface area contributed by atoms with Crippen molar-refractivity contribution in [2.24, 2.45) is 4.99 Å². The van der Waals surface area contributed by atoms with Crippen LogP contribution in [0.3, 0.4) is 0 Å². The van der Waals surface area contributed by atoms with Gasteiger partial charge in [0, 0.05) is 27.2 Å². The van der Waals surface area contributed by atoms with Gasteiger partial charge in [-0.25, -0.2) is 8.42 Å². The van der Waals surface area contributed by atoms with E-state index in [0.717, 1.165) is 11.3 Å². The lowest BCUT2D eigenvalue weighted by Gasteiger charge is -2.23. The third kappa shape index (κ3) is 5.70. The number of rotatable bonds is 6. The van der Waals surface area contributed by atoms with Crippen LogP contribution in [0.4, 0.5) is 0 Å². The number of nitrogens with one attached hydrogen (secondary N) is 1. The zero-order chi connectivity index (χ0) is 18.4. The molecule has 0 saturated carbocycles. The highest BCUT2D eigenvalue weighted by Gasteiger charge is 2.28. The molecule has 24 heavy (non-hydrogen) atoms. The summed E-state index contributed by atoms with van der Waals surface area (Å²) in [6.07, 6.45) is 0. The maximum absolute atomic E-state index is 12.1. The average molecular weight is 356 g/mol. The van der Waals surface area contributed by atoms with E-state index >= 15 is 0 Å². The van der Waals surface area contributed by atoms with E-state index in [2.05, 4.69) is 10.3 Å². The Bertz CT molecular complexity index is 647. The zero-order valence-corrected chi connectivity index (χ0v) is 16.3. The summed E-state index contributed by atoms with van der Waals surface area (Å²) in [6, 6.07) is 7.81. The predicted octanol–water partition coefficient (Wildman–Crippen LogP) is 1.92. The third-order valence-corrected chi connectivity index (χ3v) is 6.35. The van der Waals surface area contributed by atoms with Crippen molar-refractivity contribution < 1.29 is 13.2 Å². The predicted molar refractivity (Wildman–Crippen MR) is 99.4 cm³/mol. The molecule has 0 amide bonds. The first-order valence-corrected chi connectivity index (χ1v) is 9.53. The summed E-state index contributed by atoms with van der Waals surface area (Å²) in [4.78, 5) is 6.16. The van der Waals surface area contributed by atoms with Crippen molar-refractivity contribution in [2.45, 2.75) is 32.1 Å². The van der Waals surface area contributed by atoms with Gasteiger partial charge < -0.3 is 15.0 Å². The summed E-state index contributed by atoms with van der Waals surface area (Å²) in [6.45, 7) is 6.14. The van der Waals surface area contributed by atoms with Crippen LogP contribution in [0, 0.1) is 0 Å². The molecule has 0 atom stereocenters. The van der Waals surface area contributed by atoms with Gasteiger partial charge in [0.25, 0.3) is 0 Å². The van der Waals surface area contributed by atoms with Crippen molar-refractivity contribution in [1.29, 1.82) is 0 Å².